The summed E-state index contributed by atoms with van der Waals surface area (Å²) in [6, 6.07) is 10.7. The van der Waals surface area contributed by atoms with Gasteiger partial charge >= 0.3 is 0 Å². The number of hydrogen-bond acceptors (Lipinski definition) is 2. The van der Waals surface area contributed by atoms with Crippen LogP contribution in [0.25, 0.3) is 33.0 Å². The van der Waals surface area contributed by atoms with Crippen molar-refractivity contribution in [1.29, 1.82) is 0 Å². The fourth-order valence-electron chi connectivity index (χ4n) is 4.32. The van der Waals surface area contributed by atoms with Crippen molar-refractivity contribution in [3.8, 4) is 22.8 Å². The number of hydrogen-bond donors (Lipinski definition) is 0. The third-order valence-electron chi connectivity index (χ3n) is 5.39. The molecule has 1 aliphatic rings. The monoisotopic (exact) mass is 358 g/mol. The normalized spacial score (nSPS) is 13.1. The van der Waals surface area contributed by atoms with E-state index >= 15 is 0 Å². The molecular weight excluding hydrogens is 334 g/mol. The van der Waals surface area contributed by atoms with Crippen LogP contribution in [0.1, 0.15) is 31.9 Å². The molecule has 0 radical (unpaired) electrons. The lowest BCUT2D eigenvalue weighted by Gasteiger charge is -2.22. The van der Waals surface area contributed by atoms with Crippen molar-refractivity contribution in [2.75, 3.05) is 0 Å². The summed E-state index contributed by atoms with van der Waals surface area (Å²) in [5.74, 6) is 1.84. The van der Waals surface area contributed by atoms with Crippen molar-refractivity contribution < 1.29 is 13.7 Å². The van der Waals surface area contributed by atoms with E-state index in [1.807, 2.05) is 6.26 Å². The number of rotatable bonds is 1. The SMILES string of the molecule is Cc1ccc2cccc3c2c1-c1c(c2c(CC(C)(C)C)coc2c[n+]1C)O3. The molecule has 0 amide bonds. The molecule has 27 heavy (non-hydrogen) atoms. The molecule has 0 saturated carbocycles. The molecule has 3 heteroatoms. The van der Waals surface area contributed by atoms with Gasteiger partial charge in [0.25, 0.3) is 5.69 Å². The van der Waals surface area contributed by atoms with Gasteiger partial charge in [-0.25, -0.2) is 0 Å². The van der Waals surface area contributed by atoms with Gasteiger partial charge in [-0.05, 0) is 35.8 Å². The number of benzene rings is 2. The van der Waals surface area contributed by atoms with Crippen molar-refractivity contribution in [1.82, 2.24) is 0 Å². The second-order valence-corrected chi connectivity index (χ2v) is 8.87. The summed E-state index contributed by atoms with van der Waals surface area (Å²) in [5, 5.41) is 3.51. The second kappa shape index (κ2) is 5.35. The van der Waals surface area contributed by atoms with Gasteiger partial charge in [0.05, 0.1) is 17.2 Å². The van der Waals surface area contributed by atoms with Crippen LogP contribution in [0.2, 0.25) is 0 Å². The third kappa shape index (κ3) is 2.38. The molecule has 2 aromatic heterocycles. The lowest BCUT2D eigenvalue weighted by atomic mass is 9.87. The summed E-state index contributed by atoms with van der Waals surface area (Å²) in [6.07, 6.45) is 4.91. The van der Waals surface area contributed by atoms with Gasteiger partial charge < -0.3 is 9.15 Å². The maximum atomic E-state index is 6.53. The zero-order valence-corrected chi connectivity index (χ0v) is 16.5. The number of fused-ring (bicyclic) bond motifs is 4. The van der Waals surface area contributed by atoms with Crippen LogP contribution < -0.4 is 9.30 Å². The summed E-state index contributed by atoms with van der Waals surface area (Å²) in [6.45, 7) is 8.93. The van der Waals surface area contributed by atoms with Crippen LogP contribution in [0.3, 0.4) is 0 Å². The molecule has 4 aromatic rings. The summed E-state index contributed by atoms with van der Waals surface area (Å²) >= 11 is 0. The molecule has 0 spiro atoms. The van der Waals surface area contributed by atoms with E-state index in [-0.39, 0.29) is 5.41 Å². The van der Waals surface area contributed by atoms with E-state index in [4.69, 9.17) is 9.15 Å². The Morgan fingerprint density at radius 2 is 1.85 bits per heavy atom. The topological polar surface area (TPSA) is 26.2 Å². The fraction of sp³-hybridized carbons (Fsp3) is 0.292. The summed E-state index contributed by atoms with van der Waals surface area (Å²) in [5.41, 5.74) is 5.90. The first-order valence-electron chi connectivity index (χ1n) is 9.47. The van der Waals surface area contributed by atoms with E-state index in [1.165, 1.54) is 27.5 Å². The first-order chi connectivity index (χ1) is 12.8. The standard InChI is InChI=1S/C24H24NO2/c1-14-9-10-15-7-6-8-17-20(15)19(14)22-23(27-17)21-16(11-24(2,3)4)13-26-18(21)12-25(22)5/h6-10,12-13H,11H2,1-5H3/q+1. The quantitative estimate of drug-likeness (QED) is 0.339. The molecule has 0 N–H and O–H groups in total. The van der Waals surface area contributed by atoms with E-state index in [0.29, 0.717) is 0 Å². The van der Waals surface area contributed by atoms with Crippen LogP contribution >= 0.6 is 0 Å². The minimum absolute atomic E-state index is 0.171. The van der Waals surface area contributed by atoms with Gasteiger partial charge in [-0.1, -0.05) is 45.0 Å². The molecule has 0 saturated heterocycles. The van der Waals surface area contributed by atoms with Crippen LogP contribution in [-0.2, 0) is 13.5 Å². The highest BCUT2D eigenvalue weighted by atomic mass is 16.5. The second-order valence-electron chi connectivity index (χ2n) is 8.87. The maximum Gasteiger partial charge on any atom is 0.257 e. The van der Waals surface area contributed by atoms with Crippen molar-refractivity contribution >= 4 is 21.7 Å². The number of aryl methyl sites for hydroxylation is 2. The highest BCUT2D eigenvalue weighted by molar-refractivity contribution is 6.06. The molecule has 0 aliphatic carbocycles. The van der Waals surface area contributed by atoms with Gasteiger partial charge in [0, 0.05) is 10.9 Å². The molecule has 1 aliphatic heterocycles. The number of furan rings is 1. The summed E-state index contributed by atoms with van der Waals surface area (Å²) in [7, 11) is 2.07. The van der Waals surface area contributed by atoms with E-state index in [9.17, 15) is 0 Å². The molecule has 5 rings (SSSR count). The van der Waals surface area contributed by atoms with Crippen molar-refractivity contribution in [2.24, 2.45) is 12.5 Å². The van der Waals surface area contributed by atoms with Gasteiger partial charge in [0.2, 0.25) is 17.5 Å². The van der Waals surface area contributed by atoms with E-state index in [0.717, 1.165) is 34.6 Å². The minimum Gasteiger partial charge on any atom is -0.458 e. The fourth-order valence-corrected chi connectivity index (χ4v) is 4.32. The van der Waals surface area contributed by atoms with Gasteiger partial charge in [-0.2, -0.15) is 4.57 Å². The summed E-state index contributed by atoms with van der Waals surface area (Å²) < 4.78 is 14.6. The molecule has 0 unspecified atom stereocenters. The van der Waals surface area contributed by atoms with Crippen LogP contribution in [0, 0.1) is 12.3 Å². The highest BCUT2D eigenvalue weighted by Crippen LogP contribution is 2.49. The van der Waals surface area contributed by atoms with Gasteiger partial charge in [0.1, 0.15) is 12.8 Å². The van der Waals surface area contributed by atoms with Crippen LogP contribution in [-0.4, -0.2) is 0 Å². The Bertz CT molecular complexity index is 1230. The molecule has 3 heterocycles. The Morgan fingerprint density at radius 3 is 2.63 bits per heavy atom. The Labute approximate surface area is 159 Å². The van der Waals surface area contributed by atoms with Gasteiger partial charge in [-0.3, -0.25) is 0 Å². The average Bonchev–Trinajstić information content (AvgIpc) is 2.98. The third-order valence-corrected chi connectivity index (χ3v) is 5.39. The molecule has 3 nitrogen and oxygen atoms in total. The molecule has 0 bridgehead atoms. The molecular formula is C24H24NO2+. The minimum atomic E-state index is 0.171. The average molecular weight is 358 g/mol. The van der Waals surface area contributed by atoms with Crippen molar-refractivity contribution in [3.63, 3.8) is 0 Å². The van der Waals surface area contributed by atoms with Crippen molar-refractivity contribution in [3.05, 3.63) is 53.9 Å². The van der Waals surface area contributed by atoms with Gasteiger partial charge in [-0.15, -0.1) is 0 Å². The zero-order chi connectivity index (χ0) is 18.9. The van der Waals surface area contributed by atoms with Crippen LogP contribution in [0.5, 0.6) is 11.5 Å². The van der Waals surface area contributed by atoms with E-state index in [1.54, 1.807) is 0 Å². The maximum absolute atomic E-state index is 6.53. The Balaban J connectivity index is 1.91. The lowest BCUT2D eigenvalue weighted by molar-refractivity contribution is -0.659. The molecule has 0 atom stereocenters. The Kier molecular flexibility index (Phi) is 3.24. The molecule has 0 fully saturated rings. The van der Waals surface area contributed by atoms with E-state index < -0.39 is 0 Å². The molecule has 2 aromatic carbocycles. The molecule has 136 valence electrons. The van der Waals surface area contributed by atoms with Crippen molar-refractivity contribution in [2.45, 2.75) is 34.1 Å². The first-order valence-corrected chi connectivity index (χ1v) is 9.47. The predicted molar refractivity (Wildman–Crippen MR) is 108 cm³/mol. The number of nitrogens with zero attached hydrogens (tertiary/aromatic N) is 1. The largest absolute Gasteiger partial charge is 0.458 e. The summed E-state index contributed by atoms with van der Waals surface area (Å²) in [4.78, 5) is 0. The number of aromatic nitrogens is 1. The number of pyridine rings is 1. The van der Waals surface area contributed by atoms with Gasteiger partial charge in [0.15, 0.2) is 0 Å². The lowest BCUT2D eigenvalue weighted by Crippen LogP contribution is -2.32. The zero-order valence-electron chi connectivity index (χ0n) is 16.5. The van der Waals surface area contributed by atoms with Crippen LogP contribution in [0.15, 0.2) is 47.2 Å². The number of ether oxygens (including phenoxy) is 1. The Hall–Kier alpha value is -2.81. The van der Waals surface area contributed by atoms with E-state index in [2.05, 4.69) is 75.8 Å². The Morgan fingerprint density at radius 1 is 1.04 bits per heavy atom. The van der Waals surface area contributed by atoms with Crippen LogP contribution in [0.4, 0.5) is 0 Å². The highest BCUT2D eigenvalue weighted by Gasteiger charge is 2.33. The smallest absolute Gasteiger partial charge is 0.257 e. The first kappa shape index (κ1) is 16.4. The predicted octanol–water partition coefficient (Wildman–Crippen LogP) is 6.08.